The second-order valence-electron chi connectivity index (χ2n) is 11.2. The van der Waals surface area contributed by atoms with E-state index >= 15 is 0 Å². The fraction of sp³-hybridized carbons (Fsp3) is 0.357. The lowest BCUT2D eigenvalue weighted by Gasteiger charge is -2.50. The van der Waals surface area contributed by atoms with Crippen LogP contribution in [0.15, 0.2) is 48.9 Å². The molecule has 2 atom stereocenters. The third-order valence-corrected chi connectivity index (χ3v) is 8.65. The summed E-state index contributed by atoms with van der Waals surface area (Å²) < 4.78 is 72.5. The Bertz CT molecular complexity index is 1750. The second-order valence-corrected chi connectivity index (χ2v) is 11.2. The van der Waals surface area contributed by atoms with Crippen molar-refractivity contribution in [3.05, 3.63) is 77.1 Å². The number of rotatable bonds is 4. The molecule has 42 heavy (non-hydrogen) atoms. The van der Waals surface area contributed by atoms with E-state index in [1.54, 1.807) is 34.8 Å². The van der Waals surface area contributed by atoms with E-state index < -0.39 is 42.7 Å². The molecule has 1 saturated carbocycles. The average Bonchev–Trinajstić information content (AvgIpc) is 3.44. The number of hydrogen-bond donors (Lipinski definition) is 2. The van der Waals surface area contributed by atoms with Gasteiger partial charge in [-0.2, -0.15) is 27.1 Å². The molecule has 9 nitrogen and oxygen atoms in total. The Labute approximate surface area is 234 Å². The number of carbonyl (C=O) groups excluding carboxylic acids is 1. The van der Waals surface area contributed by atoms with Gasteiger partial charge in [0, 0.05) is 66.7 Å². The summed E-state index contributed by atoms with van der Waals surface area (Å²) in [4.78, 5) is 23.3. The van der Waals surface area contributed by atoms with Gasteiger partial charge in [0.15, 0.2) is 5.60 Å². The van der Waals surface area contributed by atoms with Gasteiger partial charge < -0.3 is 20.5 Å². The largest absolute Gasteiger partial charge is 0.434 e. The van der Waals surface area contributed by atoms with E-state index in [9.17, 15) is 31.9 Å². The number of nitrogens with two attached hydrogens (primary N) is 1. The molecule has 3 N–H and O–H groups in total. The van der Waals surface area contributed by atoms with Gasteiger partial charge in [-0.25, -0.2) is 14.5 Å². The third-order valence-electron chi connectivity index (χ3n) is 8.65. The van der Waals surface area contributed by atoms with E-state index in [0.29, 0.717) is 34.3 Å². The van der Waals surface area contributed by atoms with Crippen molar-refractivity contribution in [1.82, 2.24) is 24.5 Å². The summed E-state index contributed by atoms with van der Waals surface area (Å²) >= 11 is 0. The summed E-state index contributed by atoms with van der Waals surface area (Å²) in [6.07, 6.45) is -1.23. The number of carbonyl (C=O) groups is 1. The minimum Gasteiger partial charge on any atom is -0.434 e. The Morgan fingerprint density at radius 3 is 2.50 bits per heavy atom. The molecule has 1 fully saturated rings. The number of pyridine rings is 1. The Balaban J connectivity index is 1.28. The van der Waals surface area contributed by atoms with Gasteiger partial charge in [0.1, 0.15) is 11.6 Å². The molecule has 2 bridgehead atoms. The monoisotopic (exact) mass is 586 g/mol. The number of aliphatic hydroxyl groups is 1. The van der Waals surface area contributed by atoms with Crippen LogP contribution >= 0.6 is 0 Å². The minimum atomic E-state index is -4.80. The molecule has 2 unspecified atom stereocenters. The van der Waals surface area contributed by atoms with Crippen LogP contribution in [0.5, 0.6) is 5.75 Å². The van der Waals surface area contributed by atoms with Crippen molar-refractivity contribution >= 4 is 11.4 Å². The van der Waals surface area contributed by atoms with Crippen LogP contribution in [-0.4, -0.2) is 60.9 Å². The van der Waals surface area contributed by atoms with E-state index in [1.807, 2.05) is 6.07 Å². The van der Waals surface area contributed by atoms with Gasteiger partial charge in [0.2, 0.25) is 0 Å². The van der Waals surface area contributed by atoms with Crippen molar-refractivity contribution in [2.75, 3.05) is 7.05 Å². The first kappa shape index (κ1) is 26.7. The molecule has 14 heteroatoms. The summed E-state index contributed by atoms with van der Waals surface area (Å²) in [6.45, 7) is -3.07. The van der Waals surface area contributed by atoms with Crippen molar-refractivity contribution in [1.29, 1.82) is 0 Å². The molecule has 3 aliphatic rings. The molecule has 0 spiro atoms. The molecule has 1 amide bonds. The van der Waals surface area contributed by atoms with E-state index in [2.05, 4.69) is 9.97 Å². The van der Waals surface area contributed by atoms with Crippen molar-refractivity contribution in [3.63, 3.8) is 0 Å². The summed E-state index contributed by atoms with van der Waals surface area (Å²) in [5.41, 5.74) is 5.74. The van der Waals surface area contributed by atoms with Gasteiger partial charge in [0.05, 0.1) is 22.8 Å². The van der Waals surface area contributed by atoms with Gasteiger partial charge in [-0.05, 0) is 36.2 Å². The summed E-state index contributed by atoms with van der Waals surface area (Å²) in [5, 5.41) is 14.6. The minimum absolute atomic E-state index is 0.00702. The van der Waals surface area contributed by atoms with Crippen LogP contribution in [0.4, 0.5) is 22.0 Å². The highest BCUT2D eigenvalue weighted by molar-refractivity contribution is 5.98. The highest BCUT2D eigenvalue weighted by Crippen LogP contribution is 2.54. The number of fused-ring (bicyclic) bond motifs is 9. The number of amides is 1. The zero-order chi connectivity index (χ0) is 29.8. The van der Waals surface area contributed by atoms with E-state index in [0.717, 1.165) is 5.56 Å². The Morgan fingerprint density at radius 2 is 1.83 bits per heavy atom. The van der Waals surface area contributed by atoms with E-state index in [4.69, 9.17) is 15.6 Å². The molecule has 4 aromatic rings. The quantitative estimate of drug-likeness (QED) is 0.343. The van der Waals surface area contributed by atoms with Gasteiger partial charge in [0.25, 0.3) is 5.91 Å². The van der Waals surface area contributed by atoms with Crippen LogP contribution in [0.2, 0.25) is 0 Å². The van der Waals surface area contributed by atoms with Gasteiger partial charge in [-0.1, -0.05) is 6.07 Å². The number of nitrogens with zero attached hydrogens (tertiary/aromatic N) is 5. The van der Waals surface area contributed by atoms with E-state index in [-0.39, 0.29) is 29.1 Å². The van der Waals surface area contributed by atoms with Crippen LogP contribution in [0.1, 0.15) is 64.2 Å². The predicted octanol–water partition coefficient (Wildman–Crippen LogP) is 4.30. The fourth-order valence-corrected chi connectivity index (χ4v) is 6.63. The molecule has 1 aliphatic heterocycles. The number of benzene rings is 1. The SMILES string of the molecule is CN1C(=O)c2cccc(OC(F)F)c2C2CC1c1nn3ccc(-c4cnc(C5(N)CC(O)(C(F)(F)F)C5)nc4)cc3c12. The van der Waals surface area contributed by atoms with Crippen molar-refractivity contribution in [3.8, 4) is 16.9 Å². The van der Waals surface area contributed by atoms with Crippen LogP contribution in [0, 0.1) is 0 Å². The molecular weight excluding hydrogens is 563 g/mol. The summed E-state index contributed by atoms with van der Waals surface area (Å²) in [6, 6.07) is 7.75. The summed E-state index contributed by atoms with van der Waals surface area (Å²) in [5.74, 6) is -0.826. The maximum Gasteiger partial charge on any atom is 0.417 e. The number of hydrogen-bond acceptors (Lipinski definition) is 7. The van der Waals surface area contributed by atoms with Crippen molar-refractivity contribution in [2.24, 2.45) is 5.73 Å². The lowest BCUT2D eigenvalue weighted by Crippen LogP contribution is -2.66. The van der Waals surface area contributed by atoms with Crippen LogP contribution in [0.25, 0.3) is 16.6 Å². The third kappa shape index (κ3) is 3.74. The Kier molecular flexibility index (Phi) is 5.52. The lowest BCUT2D eigenvalue weighted by molar-refractivity contribution is -0.304. The number of alkyl halides is 5. The zero-order valence-electron chi connectivity index (χ0n) is 21.9. The maximum absolute atomic E-state index is 13.3. The van der Waals surface area contributed by atoms with Gasteiger partial charge in [-0.15, -0.1) is 0 Å². The average molecular weight is 587 g/mol. The second kappa shape index (κ2) is 8.67. The first-order chi connectivity index (χ1) is 19.8. The number of ether oxygens (including phenoxy) is 1. The molecule has 2 aliphatic carbocycles. The summed E-state index contributed by atoms with van der Waals surface area (Å²) in [7, 11) is 1.66. The van der Waals surface area contributed by atoms with E-state index in [1.165, 1.54) is 24.5 Å². The maximum atomic E-state index is 13.3. The zero-order valence-corrected chi connectivity index (χ0v) is 21.9. The lowest BCUT2D eigenvalue weighted by atomic mass is 9.64. The van der Waals surface area contributed by atoms with Crippen LogP contribution in [-0.2, 0) is 5.54 Å². The normalized spacial score (nSPS) is 26.7. The molecule has 4 heterocycles. The number of aromatic nitrogens is 4. The molecule has 0 saturated heterocycles. The van der Waals surface area contributed by atoms with Gasteiger partial charge in [-0.3, -0.25) is 4.79 Å². The van der Waals surface area contributed by atoms with Crippen molar-refractivity contribution < 1.29 is 36.6 Å². The van der Waals surface area contributed by atoms with Crippen molar-refractivity contribution in [2.45, 2.75) is 55.1 Å². The topological polar surface area (TPSA) is 119 Å². The molecule has 7 rings (SSSR count). The van der Waals surface area contributed by atoms with Gasteiger partial charge >= 0.3 is 12.8 Å². The Morgan fingerprint density at radius 1 is 1.12 bits per heavy atom. The molecule has 3 aromatic heterocycles. The number of halogens is 5. The highest BCUT2D eigenvalue weighted by Gasteiger charge is 2.67. The van der Waals surface area contributed by atoms with Crippen LogP contribution in [0.3, 0.4) is 0 Å². The fourth-order valence-electron chi connectivity index (χ4n) is 6.63. The Hall–Kier alpha value is -4.17. The molecule has 0 radical (unpaired) electrons. The van der Waals surface area contributed by atoms with Crippen LogP contribution < -0.4 is 10.5 Å². The smallest absolute Gasteiger partial charge is 0.417 e. The highest BCUT2D eigenvalue weighted by atomic mass is 19.4. The standard InChI is InChI=1S/C28H23F5N6O3/c1-38-18-8-16(20-15(23(38)40)3-2-4-19(20)42-25(29)30)21-17-7-13(5-6-39(17)37-22(18)21)14-9-35-24(36-10-14)26(34)11-27(41,12-26)28(31,32)33/h2-7,9-10,16,18,25,41H,8,11-12,34H2,1H3. The molecular formula is C28H23F5N6O3. The molecule has 1 aromatic carbocycles. The first-order valence-electron chi connectivity index (χ1n) is 13.1. The molecule has 218 valence electrons. The predicted molar refractivity (Wildman–Crippen MR) is 137 cm³/mol. The first-order valence-corrected chi connectivity index (χ1v) is 13.1.